The molecule has 0 radical (unpaired) electrons. The maximum Gasteiger partial charge on any atom is 0.259 e. The second-order valence-corrected chi connectivity index (χ2v) is 9.79. The summed E-state index contributed by atoms with van der Waals surface area (Å²) in [6.45, 7) is 7.32. The molecule has 0 fully saturated rings. The number of pyridine rings is 1. The number of thiazole rings is 1. The monoisotopic (exact) mass is 496 g/mol. The minimum Gasteiger partial charge on any atom is -0.496 e. The normalized spacial score (nSPS) is 13.7. The minimum atomic E-state index is -0.170. The average Bonchev–Trinajstić information content (AvgIpc) is 3.27. The Labute approximate surface area is 209 Å². The molecule has 0 saturated carbocycles. The molecule has 0 N–H and O–H groups in total. The van der Waals surface area contributed by atoms with Gasteiger partial charge in [-0.1, -0.05) is 6.07 Å². The zero-order valence-electron chi connectivity index (χ0n) is 21.0. The molecule has 0 atom stereocenters. The molecule has 9 heteroatoms. The van der Waals surface area contributed by atoms with E-state index in [0.717, 1.165) is 35.1 Å². The Morgan fingerprint density at radius 1 is 1.11 bits per heavy atom. The molecular weight excluding hydrogens is 464 g/mol. The zero-order chi connectivity index (χ0) is 25.1. The van der Waals surface area contributed by atoms with E-state index in [1.165, 1.54) is 35.6 Å². The average molecular weight is 497 g/mol. The van der Waals surface area contributed by atoms with Crippen molar-refractivity contribution in [2.24, 2.45) is 0 Å². The van der Waals surface area contributed by atoms with Crippen molar-refractivity contribution >= 4 is 17.2 Å². The number of nitrogens with zero attached hydrogens (tertiary/aromatic N) is 4. The third-order valence-corrected chi connectivity index (χ3v) is 7.55. The predicted octanol–water partition coefficient (Wildman–Crippen LogP) is 3.27. The molecular formula is C26H32N4O4S. The van der Waals surface area contributed by atoms with Crippen LogP contribution in [0.3, 0.4) is 0 Å². The largest absolute Gasteiger partial charge is 0.496 e. The second kappa shape index (κ2) is 10.6. The van der Waals surface area contributed by atoms with Crippen molar-refractivity contribution in [1.82, 2.24) is 19.4 Å². The van der Waals surface area contributed by atoms with E-state index < -0.39 is 0 Å². The Kier molecular flexibility index (Phi) is 7.57. The molecule has 0 spiro atoms. The number of fused-ring (bicyclic) bond motifs is 1. The number of hydrogen-bond donors (Lipinski definition) is 0. The van der Waals surface area contributed by atoms with Gasteiger partial charge in [0.1, 0.15) is 22.1 Å². The summed E-state index contributed by atoms with van der Waals surface area (Å²) < 4.78 is 12.7. The van der Waals surface area contributed by atoms with Gasteiger partial charge in [0.05, 0.1) is 20.8 Å². The molecule has 186 valence electrons. The topological polar surface area (TPSA) is 76.9 Å². The van der Waals surface area contributed by atoms with Crippen molar-refractivity contribution < 1.29 is 14.3 Å². The molecule has 3 aromatic rings. The van der Waals surface area contributed by atoms with E-state index in [0.29, 0.717) is 37.4 Å². The summed E-state index contributed by atoms with van der Waals surface area (Å²) in [4.78, 5) is 34.7. The molecule has 4 rings (SSSR count). The first-order valence-electron chi connectivity index (χ1n) is 11.6. The lowest BCUT2D eigenvalue weighted by atomic mass is 10.0. The van der Waals surface area contributed by atoms with Crippen molar-refractivity contribution in [3.8, 4) is 11.5 Å². The number of amides is 1. The van der Waals surface area contributed by atoms with Crippen LogP contribution in [0.2, 0.25) is 0 Å². The fourth-order valence-electron chi connectivity index (χ4n) is 4.62. The van der Waals surface area contributed by atoms with Crippen LogP contribution in [-0.4, -0.2) is 59.6 Å². The molecule has 3 heterocycles. The number of carbonyl (C=O) groups is 1. The van der Waals surface area contributed by atoms with Gasteiger partial charge in [-0.3, -0.25) is 14.5 Å². The molecule has 1 amide bonds. The van der Waals surface area contributed by atoms with Crippen LogP contribution < -0.4 is 15.0 Å². The summed E-state index contributed by atoms with van der Waals surface area (Å²) in [6, 6.07) is 5.55. The fraction of sp³-hybridized carbons (Fsp3) is 0.423. The summed E-state index contributed by atoms with van der Waals surface area (Å²) in [5, 5.41) is 2.75. The first kappa shape index (κ1) is 24.9. The lowest BCUT2D eigenvalue weighted by Crippen LogP contribution is -2.32. The van der Waals surface area contributed by atoms with Crippen LogP contribution in [0.1, 0.15) is 37.7 Å². The Hall–Kier alpha value is -3.17. The molecule has 0 aliphatic carbocycles. The first-order chi connectivity index (χ1) is 16.8. The third-order valence-electron chi connectivity index (χ3n) is 6.79. The molecule has 8 nitrogen and oxygen atoms in total. The van der Waals surface area contributed by atoms with Gasteiger partial charge in [0.15, 0.2) is 0 Å². The smallest absolute Gasteiger partial charge is 0.259 e. The summed E-state index contributed by atoms with van der Waals surface area (Å²) in [5.74, 6) is 1.04. The van der Waals surface area contributed by atoms with Crippen molar-refractivity contribution in [3.63, 3.8) is 0 Å². The zero-order valence-corrected chi connectivity index (χ0v) is 21.8. The van der Waals surface area contributed by atoms with Gasteiger partial charge in [-0.2, -0.15) is 0 Å². The predicted molar refractivity (Wildman–Crippen MR) is 137 cm³/mol. The molecule has 1 aliphatic rings. The van der Waals surface area contributed by atoms with Crippen LogP contribution in [0.15, 0.2) is 34.6 Å². The van der Waals surface area contributed by atoms with Crippen LogP contribution in [-0.2, 0) is 26.1 Å². The minimum absolute atomic E-state index is 0.144. The van der Waals surface area contributed by atoms with Gasteiger partial charge >= 0.3 is 0 Å². The number of benzene rings is 1. The lowest BCUT2D eigenvalue weighted by Gasteiger charge is -2.22. The van der Waals surface area contributed by atoms with Gasteiger partial charge in [0.25, 0.3) is 11.5 Å². The van der Waals surface area contributed by atoms with Gasteiger partial charge in [-0.05, 0) is 36.6 Å². The SMILES string of the molecule is COc1ccc(CN2CCc3c(C(=O)N(C)Cc4nccs4)c(OC)cc(=O)n3CC2)c(C)c1C. The summed E-state index contributed by atoms with van der Waals surface area (Å²) in [6.07, 6.45) is 2.31. The molecule has 0 bridgehead atoms. The first-order valence-corrected chi connectivity index (χ1v) is 12.5. The molecule has 2 aromatic heterocycles. The van der Waals surface area contributed by atoms with E-state index >= 15 is 0 Å². The highest BCUT2D eigenvalue weighted by Crippen LogP contribution is 2.27. The Bertz CT molecular complexity index is 1270. The van der Waals surface area contributed by atoms with E-state index in [-0.39, 0.29) is 11.5 Å². The van der Waals surface area contributed by atoms with Crippen LogP contribution in [0.4, 0.5) is 0 Å². The molecule has 0 saturated heterocycles. The van der Waals surface area contributed by atoms with Gasteiger partial charge in [-0.15, -0.1) is 11.3 Å². The number of ether oxygens (including phenoxy) is 2. The maximum absolute atomic E-state index is 13.5. The van der Waals surface area contributed by atoms with Crippen LogP contribution in [0.25, 0.3) is 0 Å². The number of hydrogen-bond acceptors (Lipinski definition) is 7. The summed E-state index contributed by atoms with van der Waals surface area (Å²) in [5.41, 5.74) is 4.64. The standard InChI is InChI=1S/C26H32N4O4S/c1-17-18(2)21(33-4)7-6-19(17)15-29-10-8-20-25(22(34-5)14-24(31)30(20)12-11-29)26(32)28(3)16-23-27-9-13-35-23/h6-7,9,13-14H,8,10-12,15-16H2,1-5H3. The van der Waals surface area contributed by atoms with Crippen LogP contribution in [0, 0.1) is 13.8 Å². The highest BCUT2D eigenvalue weighted by atomic mass is 32.1. The molecule has 35 heavy (non-hydrogen) atoms. The number of methoxy groups -OCH3 is 2. The van der Waals surface area contributed by atoms with Crippen molar-refractivity contribution in [2.75, 3.05) is 34.4 Å². The molecule has 1 aromatic carbocycles. The van der Waals surface area contributed by atoms with E-state index in [1.807, 2.05) is 11.4 Å². The van der Waals surface area contributed by atoms with E-state index in [9.17, 15) is 9.59 Å². The maximum atomic E-state index is 13.5. The van der Waals surface area contributed by atoms with Crippen molar-refractivity contribution in [3.05, 3.63) is 73.1 Å². The number of aromatic nitrogens is 2. The Morgan fingerprint density at radius 3 is 2.57 bits per heavy atom. The number of rotatable bonds is 7. The highest BCUT2D eigenvalue weighted by Gasteiger charge is 2.27. The highest BCUT2D eigenvalue weighted by molar-refractivity contribution is 7.09. The lowest BCUT2D eigenvalue weighted by molar-refractivity contribution is 0.0779. The van der Waals surface area contributed by atoms with Crippen LogP contribution in [0.5, 0.6) is 11.5 Å². The fourth-order valence-corrected chi connectivity index (χ4v) is 5.29. The Morgan fingerprint density at radius 2 is 1.89 bits per heavy atom. The summed E-state index contributed by atoms with van der Waals surface area (Å²) >= 11 is 1.51. The second-order valence-electron chi connectivity index (χ2n) is 8.81. The summed E-state index contributed by atoms with van der Waals surface area (Å²) in [7, 11) is 4.94. The van der Waals surface area contributed by atoms with Gasteiger partial charge in [-0.25, -0.2) is 4.98 Å². The van der Waals surface area contributed by atoms with Gasteiger partial charge in [0, 0.05) is 63.0 Å². The van der Waals surface area contributed by atoms with Crippen LogP contribution >= 0.6 is 11.3 Å². The van der Waals surface area contributed by atoms with Gasteiger partial charge in [0.2, 0.25) is 0 Å². The Balaban J connectivity index is 1.61. The van der Waals surface area contributed by atoms with E-state index in [4.69, 9.17) is 9.47 Å². The number of carbonyl (C=O) groups excluding carboxylic acids is 1. The molecule has 0 unspecified atom stereocenters. The van der Waals surface area contributed by atoms with E-state index in [1.54, 1.807) is 29.8 Å². The van der Waals surface area contributed by atoms with Gasteiger partial charge < -0.3 is 18.9 Å². The van der Waals surface area contributed by atoms with Crippen molar-refractivity contribution in [2.45, 2.75) is 39.9 Å². The van der Waals surface area contributed by atoms with Crippen molar-refractivity contribution in [1.29, 1.82) is 0 Å². The molecule has 1 aliphatic heterocycles. The van der Waals surface area contributed by atoms with E-state index in [2.05, 4.69) is 29.8 Å². The third kappa shape index (κ3) is 5.11. The quantitative estimate of drug-likeness (QED) is 0.500.